The zero-order chi connectivity index (χ0) is 32.2. The van der Waals surface area contributed by atoms with E-state index in [9.17, 15) is 17.8 Å². The second-order valence-electron chi connectivity index (χ2n) is 12.0. The summed E-state index contributed by atoms with van der Waals surface area (Å²) in [4.78, 5) is 17.7. The largest absolute Gasteiger partial charge is 0.748 e. The predicted molar refractivity (Wildman–Crippen MR) is 179 cm³/mol. The quantitative estimate of drug-likeness (QED) is 0.0749. The molecule has 2 aromatic carbocycles. The highest BCUT2D eigenvalue weighted by Crippen LogP contribution is 2.42. The molecular weight excluding hydrogens is 593 g/mol. The van der Waals surface area contributed by atoms with Crippen molar-refractivity contribution in [2.24, 2.45) is 5.11 Å². The van der Waals surface area contributed by atoms with Crippen LogP contribution in [0.2, 0.25) is 13.1 Å². The summed E-state index contributed by atoms with van der Waals surface area (Å²) in [5.74, 6) is -0.555. The van der Waals surface area contributed by atoms with Crippen molar-refractivity contribution in [1.29, 1.82) is 0 Å². The molecule has 0 radical (unpaired) electrons. The Hall–Kier alpha value is -3.96. The fourth-order valence-electron chi connectivity index (χ4n) is 5.82. The SMILES string of the molecule is Cc1cc(C(=O)NCCCN=[N+]=[N-])ccc1C1=C2C=C/C(=[N+](/C)CCCS(=O)(=O)[O-])C=C2[Si](C)(C)c2cc(N(C)C)ccc21. The number of anilines is 1. The number of fused-ring (bicyclic) bond motifs is 2. The number of azide groups is 1. The van der Waals surface area contributed by atoms with Crippen LogP contribution in [0.5, 0.6) is 0 Å². The Morgan fingerprint density at radius 1 is 1.11 bits per heavy atom. The van der Waals surface area contributed by atoms with E-state index in [-0.39, 0.29) is 18.1 Å². The van der Waals surface area contributed by atoms with E-state index in [4.69, 9.17) is 5.53 Å². The molecule has 0 atom stereocenters. The van der Waals surface area contributed by atoms with Gasteiger partial charge in [0, 0.05) is 67.7 Å². The minimum atomic E-state index is -4.26. The van der Waals surface area contributed by atoms with Gasteiger partial charge in [-0.15, -0.1) is 0 Å². The summed E-state index contributed by atoms with van der Waals surface area (Å²) in [7, 11) is -0.464. The molecule has 0 fully saturated rings. The molecule has 1 aliphatic heterocycles. The van der Waals surface area contributed by atoms with Crippen molar-refractivity contribution in [3.05, 3.63) is 98.1 Å². The second kappa shape index (κ2) is 13.4. The van der Waals surface area contributed by atoms with E-state index in [1.807, 2.05) is 50.8 Å². The normalized spacial score (nSPS) is 16.4. The fourth-order valence-corrected chi connectivity index (χ4v) is 9.38. The summed E-state index contributed by atoms with van der Waals surface area (Å²) < 4.78 is 35.4. The number of nitrogens with zero attached hydrogens (tertiary/aromatic N) is 5. The van der Waals surface area contributed by atoms with Crippen molar-refractivity contribution in [2.45, 2.75) is 32.9 Å². The average molecular weight is 633 g/mol. The van der Waals surface area contributed by atoms with E-state index < -0.39 is 18.2 Å². The van der Waals surface area contributed by atoms with Crippen molar-refractivity contribution < 1.29 is 22.3 Å². The molecular formula is C32H40N6O4SSi. The molecule has 0 unspecified atom stereocenters. The summed E-state index contributed by atoms with van der Waals surface area (Å²) in [6.45, 7) is 7.95. The molecule has 0 saturated heterocycles. The molecule has 1 N–H and O–H groups in total. The molecule has 232 valence electrons. The van der Waals surface area contributed by atoms with E-state index in [0.717, 1.165) is 33.7 Å². The summed E-state index contributed by atoms with van der Waals surface area (Å²) in [5.41, 5.74) is 16.6. The molecule has 2 aromatic rings. The Morgan fingerprint density at radius 2 is 1.84 bits per heavy atom. The highest BCUT2D eigenvalue weighted by atomic mass is 32.2. The number of hydrogen-bond acceptors (Lipinski definition) is 6. The van der Waals surface area contributed by atoms with Crippen molar-refractivity contribution in [2.75, 3.05) is 51.4 Å². The maximum atomic E-state index is 12.9. The molecule has 0 saturated carbocycles. The zero-order valence-electron chi connectivity index (χ0n) is 26.2. The summed E-state index contributed by atoms with van der Waals surface area (Å²) in [6, 6.07) is 12.5. The van der Waals surface area contributed by atoms with E-state index in [1.165, 1.54) is 15.9 Å². The lowest BCUT2D eigenvalue weighted by Crippen LogP contribution is -2.49. The van der Waals surface area contributed by atoms with Crippen LogP contribution in [0.1, 0.15) is 39.9 Å². The molecule has 0 spiro atoms. The van der Waals surface area contributed by atoms with Gasteiger partial charge >= 0.3 is 0 Å². The first-order chi connectivity index (χ1) is 20.7. The van der Waals surface area contributed by atoms with E-state index in [0.29, 0.717) is 31.6 Å². The minimum Gasteiger partial charge on any atom is -0.748 e. The number of nitrogens with one attached hydrogen (secondary N) is 1. The minimum absolute atomic E-state index is 0.170. The third-order valence-electron chi connectivity index (χ3n) is 8.28. The number of rotatable bonds is 11. The van der Waals surface area contributed by atoms with Crippen molar-refractivity contribution in [3.63, 3.8) is 0 Å². The summed E-state index contributed by atoms with van der Waals surface area (Å²) >= 11 is 0. The van der Waals surface area contributed by atoms with Gasteiger partial charge < -0.3 is 14.8 Å². The van der Waals surface area contributed by atoms with Crippen LogP contribution in [-0.2, 0) is 10.1 Å². The molecule has 0 bridgehead atoms. The zero-order valence-corrected chi connectivity index (χ0v) is 28.0. The van der Waals surface area contributed by atoms with Crippen LogP contribution < -0.4 is 15.4 Å². The van der Waals surface area contributed by atoms with Crippen LogP contribution >= 0.6 is 0 Å². The number of hydrogen-bond donors (Lipinski definition) is 1. The third-order valence-corrected chi connectivity index (χ3v) is 12.6. The molecule has 1 amide bonds. The van der Waals surface area contributed by atoms with Crippen LogP contribution in [-0.4, -0.2) is 83.8 Å². The smallest absolute Gasteiger partial charge is 0.251 e. The van der Waals surface area contributed by atoms with Crippen LogP contribution in [0.15, 0.2) is 70.5 Å². The van der Waals surface area contributed by atoms with Crippen molar-refractivity contribution in [3.8, 4) is 0 Å². The summed E-state index contributed by atoms with van der Waals surface area (Å²) in [5, 5.41) is 9.01. The number of carbonyl (C=O) groups excluding carboxylic acids is 1. The van der Waals surface area contributed by atoms with Gasteiger partial charge in [-0.1, -0.05) is 30.3 Å². The number of benzene rings is 2. The Labute approximate surface area is 260 Å². The molecule has 2 aliphatic rings. The van der Waals surface area contributed by atoms with E-state index in [2.05, 4.69) is 69.8 Å². The highest BCUT2D eigenvalue weighted by molar-refractivity contribution is 7.85. The van der Waals surface area contributed by atoms with Gasteiger partial charge in [0.2, 0.25) is 0 Å². The lowest BCUT2D eigenvalue weighted by atomic mass is 9.87. The van der Waals surface area contributed by atoms with Gasteiger partial charge in [0.25, 0.3) is 5.91 Å². The van der Waals surface area contributed by atoms with Crippen molar-refractivity contribution >= 4 is 46.3 Å². The third kappa shape index (κ3) is 7.22. The maximum absolute atomic E-state index is 12.9. The first-order valence-electron chi connectivity index (χ1n) is 14.6. The standard InChI is InChI=1S/C32H40N6O4SSi/c1-22-19-23(32(39)34-15-7-16-35-36-33)9-12-26(22)31-27-13-10-24(37(2)3)20-29(27)44(5,6)30-21-25(11-14-28(30)31)38(4)17-8-18-43(40,41)42/h9-14,19-21H,7-8,15-18H2,1-6H3,(H-,34,39,40,41,42). The van der Waals surface area contributed by atoms with Gasteiger partial charge in [0.05, 0.1) is 10.1 Å². The van der Waals surface area contributed by atoms with Crippen LogP contribution in [0.25, 0.3) is 16.0 Å². The van der Waals surface area contributed by atoms with Gasteiger partial charge in [-0.3, -0.25) is 4.79 Å². The lowest BCUT2D eigenvalue weighted by molar-refractivity contribution is -0.495. The number of amides is 1. The molecule has 4 rings (SSSR count). The van der Waals surface area contributed by atoms with Crippen molar-refractivity contribution in [1.82, 2.24) is 5.32 Å². The Balaban J connectivity index is 1.80. The first-order valence-corrected chi connectivity index (χ1v) is 19.2. The molecule has 0 aromatic heterocycles. The number of aryl methyl sites for hydroxylation is 1. The van der Waals surface area contributed by atoms with E-state index >= 15 is 0 Å². The molecule has 10 nitrogen and oxygen atoms in total. The fraction of sp³-hybridized carbons (Fsp3) is 0.375. The lowest BCUT2D eigenvalue weighted by Gasteiger charge is -2.38. The molecule has 12 heteroatoms. The maximum Gasteiger partial charge on any atom is 0.251 e. The first kappa shape index (κ1) is 32.9. The molecule has 44 heavy (non-hydrogen) atoms. The second-order valence-corrected chi connectivity index (χ2v) is 17.8. The van der Waals surface area contributed by atoms with E-state index in [1.54, 1.807) is 0 Å². The number of carbonyl (C=O) groups is 1. The summed E-state index contributed by atoms with van der Waals surface area (Å²) in [6.07, 6.45) is 7.28. The van der Waals surface area contributed by atoms with Crippen LogP contribution in [0.4, 0.5) is 5.69 Å². The van der Waals surface area contributed by atoms with Gasteiger partial charge in [0.15, 0.2) is 5.71 Å². The van der Waals surface area contributed by atoms with Crippen LogP contribution in [0.3, 0.4) is 0 Å². The predicted octanol–water partition coefficient (Wildman–Crippen LogP) is 4.28. The van der Waals surface area contributed by atoms with Gasteiger partial charge in [-0.05, 0) is 87.4 Å². The monoisotopic (exact) mass is 632 g/mol. The Morgan fingerprint density at radius 3 is 2.50 bits per heavy atom. The topological polar surface area (TPSA) is 141 Å². The van der Waals surface area contributed by atoms with Crippen LogP contribution in [0, 0.1) is 6.92 Å². The average Bonchev–Trinajstić information content (AvgIpc) is 2.96. The molecule has 1 aliphatic carbocycles. The Bertz CT molecular complexity index is 1770. The molecule has 1 heterocycles. The Kier molecular flexibility index (Phi) is 10.00. The number of allylic oxidation sites excluding steroid dienone is 5. The van der Waals surface area contributed by atoms with Gasteiger partial charge in [0.1, 0.15) is 21.7 Å². The van der Waals surface area contributed by atoms with Gasteiger partial charge in [-0.25, -0.2) is 13.0 Å². The van der Waals surface area contributed by atoms with Gasteiger partial charge in [-0.2, -0.15) is 0 Å². The highest BCUT2D eigenvalue weighted by Gasteiger charge is 2.40.